The zero-order chi connectivity index (χ0) is 34.5. The molecule has 258 valence electrons. The first-order valence-corrected chi connectivity index (χ1v) is 16.5. The SMILES string of the molecule is CC(C)CC(NC(=O)C(CCc1ccccc1)NC(=O)CN1CCOCC1)C(=O)Nc1ccccc1CCC(=O)ON1C(=O)CCC1=O. The van der Waals surface area contributed by atoms with Crippen LogP contribution in [-0.2, 0) is 51.2 Å². The second-order valence-electron chi connectivity index (χ2n) is 12.4. The standard InChI is InChI=1S/C35H45N5O8/c1-24(2)22-29(35(46)37-27-11-7-6-10-26(27)13-17-33(44)48-40-31(42)15-16-32(40)43)38-34(45)28(14-12-25-8-4-3-5-9-25)36-30(41)23-39-18-20-47-21-19-39/h3-11,24,28-29H,12-23H2,1-2H3,(H,36,41)(H,37,46)(H,38,45). The Kier molecular flexibility index (Phi) is 13.6. The molecule has 48 heavy (non-hydrogen) atoms. The number of aryl methyl sites for hydroxylation is 2. The van der Waals surface area contributed by atoms with E-state index in [1.807, 2.05) is 49.1 Å². The van der Waals surface area contributed by atoms with Crippen LogP contribution in [0, 0.1) is 5.92 Å². The Bertz CT molecular complexity index is 1430. The van der Waals surface area contributed by atoms with Gasteiger partial charge in [-0.2, -0.15) is 0 Å². The maximum Gasteiger partial charge on any atom is 0.333 e. The van der Waals surface area contributed by atoms with Crippen LogP contribution >= 0.6 is 0 Å². The lowest BCUT2D eigenvalue weighted by Crippen LogP contribution is -2.54. The van der Waals surface area contributed by atoms with Crippen LogP contribution < -0.4 is 16.0 Å². The van der Waals surface area contributed by atoms with Gasteiger partial charge in [0, 0.05) is 31.6 Å². The Morgan fingerprint density at radius 1 is 0.833 bits per heavy atom. The molecule has 0 spiro atoms. The van der Waals surface area contributed by atoms with Crippen molar-refractivity contribution < 1.29 is 38.3 Å². The van der Waals surface area contributed by atoms with E-state index in [1.165, 1.54) is 0 Å². The lowest BCUT2D eigenvalue weighted by Gasteiger charge is -2.28. The summed E-state index contributed by atoms with van der Waals surface area (Å²) in [6.45, 7) is 6.38. The fourth-order valence-corrected chi connectivity index (χ4v) is 5.52. The number of ether oxygens (including phenoxy) is 1. The van der Waals surface area contributed by atoms with E-state index in [0.717, 1.165) is 5.56 Å². The summed E-state index contributed by atoms with van der Waals surface area (Å²) in [5.74, 6) is -2.98. The van der Waals surface area contributed by atoms with Gasteiger partial charge < -0.3 is 25.5 Å². The third kappa shape index (κ3) is 11.3. The highest BCUT2D eigenvalue weighted by Crippen LogP contribution is 2.20. The van der Waals surface area contributed by atoms with Gasteiger partial charge in [0.25, 0.3) is 11.8 Å². The number of carbonyl (C=O) groups is 6. The number of benzene rings is 2. The van der Waals surface area contributed by atoms with Gasteiger partial charge in [-0.05, 0) is 48.8 Å². The average Bonchev–Trinajstić information content (AvgIpc) is 3.38. The van der Waals surface area contributed by atoms with Gasteiger partial charge in [0.2, 0.25) is 17.7 Å². The minimum Gasteiger partial charge on any atom is -0.379 e. The van der Waals surface area contributed by atoms with Crippen molar-refractivity contribution in [3.63, 3.8) is 0 Å². The van der Waals surface area contributed by atoms with Gasteiger partial charge in [0.15, 0.2) is 0 Å². The Balaban J connectivity index is 1.41. The lowest BCUT2D eigenvalue weighted by molar-refractivity contribution is -0.197. The van der Waals surface area contributed by atoms with Crippen LogP contribution in [0.15, 0.2) is 54.6 Å². The summed E-state index contributed by atoms with van der Waals surface area (Å²) in [6.07, 6.45) is 1.28. The van der Waals surface area contributed by atoms with Crippen molar-refractivity contribution in [1.29, 1.82) is 0 Å². The molecule has 2 fully saturated rings. The zero-order valence-electron chi connectivity index (χ0n) is 27.6. The number of anilines is 1. The smallest absolute Gasteiger partial charge is 0.333 e. The highest BCUT2D eigenvalue weighted by Gasteiger charge is 2.33. The van der Waals surface area contributed by atoms with Crippen molar-refractivity contribution in [1.82, 2.24) is 20.6 Å². The highest BCUT2D eigenvalue weighted by molar-refractivity contribution is 6.01. The molecule has 2 saturated heterocycles. The van der Waals surface area contributed by atoms with Crippen LogP contribution in [0.3, 0.4) is 0 Å². The van der Waals surface area contributed by atoms with Crippen LogP contribution in [0.4, 0.5) is 5.69 Å². The van der Waals surface area contributed by atoms with Crippen LogP contribution in [0.5, 0.6) is 0 Å². The predicted molar refractivity (Wildman–Crippen MR) is 176 cm³/mol. The predicted octanol–water partition coefficient (Wildman–Crippen LogP) is 2.15. The molecule has 0 radical (unpaired) electrons. The van der Waals surface area contributed by atoms with E-state index in [0.29, 0.717) is 61.9 Å². The molecule has 0 saturated carbocycles. The number of nitrogens with one attached hydrogen (secondary N) is 3. The Hall–Kier alpha value is -4.62. The number of hydrogen-bond donors (Lipinski definition) is 3. The fraction of sp³-hybridized carbons (Fsp3) is 0.486. The summed E-state index contributed by atoms with van der Waals surface area (Å²) in [5, 5.41) is 9.19. The molecule has 3 N–H and O–H groups in total. The van der Waals surface area contributed by atoms with E-state index >= 15 is 0 Å². The number of carbonyl (C=O) groups excluding carboxylic acids is 6. The lowest BCUT2D eigenvalue weighted by atomic mass is 10.0. The zero-order valence-corrected chi connectivity index (χ0v) is 27.6. The number of morpholine rings is 1. The van der Waals surface area contributed by atoms with Crippen molar-refractivity contribution in [2.75, 3.05) is 38.2 Å². The van der Waals surface area contributed by atoms with Gasteiger partial charge in [0.1, 0.15) is 12.1 Å². The number of rotatable bonds is 16. The molecule has 4 rings (SSSR count). The number of hydroxylamine groups is 2. The molecule has 13 heteroatoms. The van der Waals surface area contributed by atoms with Crippen LogP contribution in [0.25, 0.3) is 0 Å². The third-order valence-corrected chi connectivity index (χ3v) is 8.10. The fourth-order valence-electron chi connectivity index (χ4n) is 5.52. The molecule has 2 aliphatic rings. The number of para-hydroxylation sites is 1. The number of nitrogens with zero attached hydrogens (tertiary/aromatic N) is 2. The van der Waals surface area contributed by atoms with Crippen molar-refractivity contribution in [3.8, 4) is 0 Å². The maximum absolute atomic E-state index is 13.7. The molecule has 13 nitrogen and oxygen atoms in total. The van der Waals surface area contributed by atoms with E-state index in [2.05, 4.69) is 16.0 Å². The van der Waals surface area contributed by atoms with Crippen molar-refractivity contribution in [3.05, 3.63) is 65.7 Å². The largest absolute Gasteiger partial charge is 0.379 e. The van der Waals surface area contributed by atoms with E-state index in [4.69, 9.17) is 9.57 Å². The van der Waals surface area contributed by atoms with E-state index in [1.54, 1.807) is 24.3 Å². The van der Waals surface area contributed by atoms with E-state index < -0.39 is 41.7 Å². The summed E-state index contributed by atoms with van der Waals surface area (Å²) < 4.78 is 5.37. The van der Waals surface area contributed by atoms with Crippen molar-refractivity contribution in [2.24, 2.45) is 5.92 Å². The second kappa shape index (κ2) is 18.1. The molecular formula is C35H45N5O8. The molecule has 2 unspecified atom stereocenters. The first-order valence-electron chi connectivity index (χ1n) is 16.5. The molecular weight excluding hydrogens is 618 g/mol. The van der Waals surface area contributed by atoms with E-state index in [9.17, 15) is 28.8 Å². The first kappa shape index (κ1) is 36.2. The summed E-state index contributed by atoms with van der Waals surface area (Å²) in [6, 6.07) is 14.8. The molecule has 2 aromatic rings. The molecule has 0 bridgehead atoms. The number of imide groups is 1. The Labute approximate surface area is 280 Å². The van der Waals surface area contributed by atoms with Gasteiger partial charge in [-0.25, -0.2) is 4.79 Å². The average molecular weight is 664 g/mol. The first-order chi connectivity index (χ1) is 23.1. The summed E-state index contributed by atoms with van der Waals surface area (Å²) in [5.41, 5.74) is 2.10. The number of hydrogen-bond acceptors (Lipinski definition) is 9. The van der Waals surface area contributed by atoms with Crippen molar-refractivity contribution in [2.45, 2.75) is 70.9 Å². The normalized spacial score (nSPS) is 16.4. The molecule has 5 amide bonds. The molecule has 2 atom stereocenters. The van der Waals surface area contributed by atoms with E-state index in [-0.39, 0.29) is 44.1 Å². The Morgan fingerprint density at radius 3 is 2.19 bits per heavy atom. The quantitative estimate of drug-likeness (QED) is 0.229. The van der Waals surface area contributed by atoms with Crippen molar-refractivity contribution >= 4 is 41.2 Å². The topological polar surface area (TPSA) is 163 Å². The second-order valence-corrected chi connectivity index (χ2v) is 12.4. The van der Waals surface area contributed by atoms with Gasteiger partial charge in [0.05, 0.1) is 26.2 Å². The van der Waals surface area contributed by atoms with Crippen LogP contribution in [0.1, 0.15) is 57.1 Å². The van der Waals surface area contributed by atoms with Gasteiger partial charge in [-0.3, -0.25) is 28.9 Å². The van der Waals surface area contributed by atoms with Gasteiger partial charge in [-0.1, -0.05) is 62.4 Å². The monoisotopic (exact) mass is 663 g/mol. The molecule has 2 aliphatic heterocycles. The minimum absolute atomic E-state index is 0.00361. The molecule has 0 aliphatic carbocycles. The van der Waals surface area contributed by atoms with Gasteiger partial charge in [-0.15, -0.1) is 5.06 Å². The summed E-state index contributed by atoms with van der Waals surface area (Å²) in [7, 11) is 0. The summed E-state index contributed by atoms with van der Waals surface area (Å²) >= 11 is 0. The number of amides is 5. The highest BCUT2D eigenvalue weighted by atomic mass is 16.7. The molecule has 0 aromatic heterocycles. The molecule has 2 heterocycles. The van der Waals surface area contributed by atoms with Gasteiger partial charge >= 0.3 is 5.97 Å². The Morgan fingerprint density at radius 2 is 1.50 bits per heavy atom. The third-order valence-electron chi connectivity index (χ3n) is 8.10. The molecule has 2 aromatic carbocycles. The summed E-state index contributed by atoms with van der Waals surface area (Å²) in [4.78, 5) is 83.3. The van der Waals surface area contributed by atoms with Crippen LogP contribution in [0.2, 0.25) is 0 Å². The minimum atomic E-state index is -0.905. The van der Waals surface area contributed by atoms with Crippen LogP contribution in [-0.4, -0.2) is 90.4 Å². The maximum atomic E-state index is 13.7.